The molecule has 0 saturated carbocycles. The number of carbonyl (C=O) groups excluding carboxylic acids is 1. The summed E-state index contributed by atoms with van der Waals surface area (Å²) in [6, 6.07) is 1.96. The number of rotatable bonds is 2. The van der Waals surface area contributed by atoms with Gasteiger partial charge in [-0.3, -0.25) is 0 Å². The van der Waals surface area contributed by atoms with Gasteiger partial charge in [0.15, 0.2) is 0 Å². The zero-order valence-corrected chi connectivity index (χ0v) is 14.2. The Morgan fingerprint density at radius 3 is 2.18 bits per heavy atom. The second-order valence-electron chi connectivity index (χ2n) is 8.13. The Kier molecular flexibility index (Phi) is 4.64. The standard InChI is InChI=1S/C17H31N3O2/c1-17(2,3)22-16(21)20-14-4-5-15(20)11-13(10-14)19-12-6-8-18-9-7-12/h12-15,18-19H,4-11H2,1-3H3. The Labute approximate surface area is 134 Å². The van der Waals surface area contributed by atoms with E-state index in [9.17, 15) is 4.79 Å². The average Bonchev–Trinajstić information content (AvgIpc) is 2.70. The summed E-state index contributed by atoms with van der Waals surface area (Å²) in [6.45, 7) is 8.08. The topological polar surface area (TPSA) is 53.6 Å². The monoisotopic (exact) mass is 309 g/mol. The van der Waals surface area contributed by atoms with E-state index in [0.717, 1.165) is 38.8 Å². The second kappa shape index (κ2) is 6.36. The Balaban J connectivity index is 1.55. The first-order valence-electron chi connectivity index (χ1n) is 8.90. The second-order valence-corrected chi connectivity index (χ2v) is 8.13. The van der Waals surface area contributed by atoms with Gasteiger partial charge in [-0.05, 0) is 72.4 Å². The molecule has 2 atom stereocenters. The molecular weight excluding hydrogens is 278 g/mol. The molecule has 5 nitrogen and oxygen atoms in total. The molecular formula is C17H31N3O2. The Bertz CT molecular complexity index is 387. The molecule has 2 bridgehead atoms. The van der Waals surface area contributed by atoms with Crippen LogP contribution in [0.15, 0.2) is 0 Å². The maximum atomic E-state index is 12.4. The minimum absolute atomic E-state index is 0.111. The van der Waals surface area contributed by atoms with Gasteiger partial charge in [-0.15, -0.1) is 0 Å². The number of nitrogens with one attached hydrogen (secondary N) is 2. The molecule has 3 rings (SSSR count). The lowest BCUT2D eigenvalue weighted by molar-refractivity contribution is 0.00413. The van der Waals surface area contributed by atoms with Gasteiger partial charge in [0.1, 0.15) is 5.60 Å². The lowest BCUT2D eigenvalue weighted by Gasteiger charge is -2.41. The third-order valence-electron chi connectivity index (χ3n) is 5.15. The van der Waals surface area contributed by atoms with Crippen LogP contribution in [0.2, 0.25) is 0 Å². The van der Waals surface area contributed by atoms with E-state index in [1.807, 2.05) is 25.7 Å². The van der Waals surface area contributed by atoms with Crippen molar-refractivity contribution in [2.75, 3.05) is 13.1 Å². The van der Waals surface area contributed by atoms with E-state index in [0.29, 0.717) is 24.2 Å². The summed E-state index contributed by atoms with van der Waals surface area (Å²) >= 11 is 0. The van der Waals surface area contributed by atoms with E-state index in [4.69, 9.17) is 4.74 Å². The minimum Gasteiger partial charge on any atom is -0.444 e. The molecule has 3 fully saturated rings. The molecule has 0 aromatic rings. The number of amides is 1. The SMILES string of the molecule is CC(C)(C)OC(=O)N1C2CCC1CC(NC1CCNCC1)C2. The van der Waals surface area contributed by atoms with Gasteiger partial charge in [-0.25, -0.2) is 4.79 Å². The number of ether oxygens (including phenoxy) is 1. The zero-order chi connectivity index (χ0) is 15.7. The first-order chi connectivity index (χ1) is 10.4. The van der Waals surface area contributed by atoms with Crippen molar-refractivity contribution in [2.24, 2.45) is 0 Å². The van der Waals surface area contributed by atoms with Crippen LogP contribution in [0.5, 0.6) is 0 Å². The van der Waals surface area contributed by atoms with Crippen LogP contribution < -0.4 is 10.6 Å². The predicted octanol–water partition coefficient (Wildman–Crippen LogP) is 2.26. The van der Waals surface area contributed by atoms with Crippen LogP contribution >= 0.6 is 0 Å². The molecule has 3 heterocycles. The summed E-state index contributed by atoms with van der Waals surface area (Å²) in [4.78, 5) is 14.5. The molecule has 0 aliphatic carbocycles. The summed E-state index contributed by atoms with van der Waals surface area (Å²) in [7, 11) is 0. The molecule has 1 amide bonds. The minimum atomic E-state index is -0.402. The predicted molar refractivity (Wildman–Crippen MR) is 86.9 cm³/mol. The van der Waals surface area contributed by atoms with Crippen molar-refractivity contribution < 1.29 is 9.53 Å². The third kappa shape index (κ3) is 3.74. The molecule has 126 valence electrons. The lowest BCUT2D eigenvalue weighted by Crippen LogP contribution is -2.55. The average molecular weight is 309 g/mol. The summed E-state index contributed by atoms with van der Waals surface area (Å²) < 4.78 is 5.60. The van der Waals surface area contributed by atoms with Crippen LogP contribution in [0.25, 0.3) is 0 Å². The van der Waals surface area contributed by atoms with Gasteiger partial charge in [0, 0.05) is 24.2 Å². The summed E-state index contributed by atoms with van der Waals surface area (Å²) in [5, 5.41) is 7.26. The van der Waals surface area contributed by atoms with Crippen molar-refractivity contribution in [3.05, 3.63) is 0 Å². The third-order valence-corrected chi connectivity index (χ3v) is 5.15. The highest BCUT2D eigenvalue weighted by Gasteiger charge is 2.45. The lowest BCUT2D eigenvalue weighted by atomic mass is 9.95. The molecule has 22 heavy (non-hydrogen) atoms. The van der Waals surface area contributed by atoms with Gasteiger partial charge < -0.3 is 20.3 Å². The first-order valence-corrected chi connectivity index (χ1v) is 8.90. The summed E-state index contributed by atoms with van der Waals surface area (Å²) in [5.41, 5.74) is -0.402. The molecule has 2 N–H and O–H groups in total. The van der Waals surface area contributed by atoms with Crippen molar-refractivity contribution in [3.8, 4) is 0 Å². The highest BCUT2D eigenvalue weighted by Crippen LogP contribution is 2.37. The van der Waals surface area contributed by atoms with Crippen molar-refractivity contribution in [3.63, 3.8) is 0 Å². The van der Waals surface area contributed by atoms with Gasteiger partial charge in [0.25, 0.3) is 0 Å². The molecule has 3 aliphatic rings. The molecule has 2 unspecified atom stereocenters. The fourth-order valence-corrected chi connectivity index (χ4v) is 4.25. The van der Waals surface area contributed by atoms with Crippen LogP contribution in [0, 0.1) is 0 Å². The van der Waals surface area contributed by atoms with Gasteiger partial charge in [0.05, 0.1) is 0 Å². The fourth-order valence-electron chi connectivity index (χ4n) is 4.25. The number of carbonyl (C=O) groups is 1. The molecule has 5 heteroatoms. The van der Waals surface area contributed by atoms with E-state index >= 15 is 0 Å². The Morgan fingerprint density at radius 2 is 1.64 bits per heavy atom. The largest absolute Gasteiger partial charge is 0.444 e. The summed E-state index contributed by atoms with van der Waals surface area (Å²) in [5.74, 6) is 0. The normalized spacial score (nSPS) is 33.0. The van der Waals surface area contributed by atoms with Crippen molar-refractivity contribution in [2.45, 2.75) is 89.1 Å². The van der Waals surface area contributed by atoms with Gasteiger partial charge in [0.2, 0.25) is 0 Å². The van der Waals surface area contributed by atoms with Crippen LogP contribution in [-0.2, 0) is 4.74 Å². The van der Waals surface area contributed by atoms with Crippen LogP contribution in [0.4, 0.5) is 4.79 Å². The Hall–Kier alpha value is -0.810. The maximum Gasteiger partial charge on any atom is 0.410 e. The number of hydrogen-bond acceptors (Lipinski definition) is 4. The number of piperidine rings is 2. The quantitative estimate of drug-likeness (QED) is 0.821. The van der Waals surface area contributed by atoms with Crippen LogP contribution in [-0.4, -0.2) is 53.9 Å². The van der Waals surface area contributed by atoms with Gasteiger partial charge >= 0.3 is 6.09 Å². The van der Waals surface area contributed by atoms with Gasteiger partial charge in [-0.2, -0.15) is 0 Å². The smallest absolute Gasteiger partial charge is 0.410 e. The number of fused-ring (bicyclic) bond motifs is 2. The van der Waals surface area contributed by atoms with E-state index < -0.39 is 5.60 Å². The Morgan fingerprint density at radius 1 is 1.05 bits per heavy atom. The van der Waals surface area contributed by atoms with Crippen LogP contribution in [0.1, 0.15) is 59.3 Å². The summed E-state index contributed by atoms with van der Waals surface area (Å²) in [6.07, 6.45) is 6.77. The zero-order valence-electron chi connectivity index (χ0n) is 14.2. The van der Waals surface area contributed by atoms with Crippen molar-refractivity contribution in [1.82, 2.24) is 15.5 Å². The molecule has 0 aromatic carbocycles. The molecule has 0 spiro atoms. The van der Waals surface area contributed by atoms with Crippen molar-refractivity contribution >= 4 is 6.09 Å². The van der Waals surface area contributed by atoms with E-state index in [2.05, 4.69) is 10.6 Å². The van der Waals surface area contributed by atoms with E-state index in [-0.39, 0.29) is 6.09 Å². The van der Waals surface area contributed by atoms with Gasteiger partial charge in [-0.1, -0.05) is 0 Å². The highest BCUT2D eigenvalue weighted by molar-refractivity contribution is 5.69. The van der Waals surface area contributed by atoms with E-state index in [1.54, 1.807) is 0 Å². The number of hydrogen-bond donors (Lipinski definition) is 2. The highest BCUT2D eigenvalue weighted by atomic mass is 16.6. The number of nitrogens with zero attached hydrogens (tertiary/aromatic N) is 1. The first kappa shape index (κ1) is 16.1. The maximum absolute atomic E-state index is 12.4. The van der Waals surface area contributed by atoms with Crippen molar-refractivity contribution in [1.29, 1.82) is 0 Å². The molecule has 0 radical (unpaired) electrons. The van der Waals surface area contributed by atoms with E-state index in [1.165, 1.54) is 12.8 Å². The molecule has 3 saturated heterocycles. The fraction of sp³-hybridized carbons (Fsp3) is 0.941. The molecule has 0 aromatic heterocycles. The molecule has 3 aliphatic heterocycles. The van der Waals surface area contributed by atoms with Crippen LogP contribution in [0.3, 0.4) is 0 Å².